The number of aromatic nitrogens is 4. The van der Waals surface area contributed by atoms with Gasteiger partial charge >= 0.3 is 5.88 Å². The fourth-order valence-electron chi connectivity index (χ4n) is 1.72. The normalized spacial score (nSPS) is 10.9. The first-order valence-corrected chi connectivity index (χ1v) is 5.70. The van der Waals surface area contributed by atoms with Crippen LogP contribution in [-0.2, 0) is 0 Å². The molecule has 0 aromatic carbocycles. The van der Waals surface area contributed by atoms with Crippen molar-refractivity contribution in [3.63, 3.8) is 0 Å². The van der Waals surface area contributed by atoms with Crippen molar-refractivity contribution in [2.24, 2.45) is 0 Å². The SMILES string of the molecule is CN(C)c1ccc2nnc(-c3ccc([N+](=O)[O-])o3)n2n1. The van der Waals surface area contributed by atoms with E-state index in [0.29, 0.717) is 17.3 Å². The van der Waals surface area contributed by atoms with Crippen LogP contribution in [0.15, 0.2) is 28.7 Å². The monoisotopic (exact) mass is 274 g/mol. The van der Waals surface area contributed by atoms with Crippen LogP contribution in [0.5, 0.6) is 0 Å². The molecule has 3 rings (SSSR count). The first kappa shape index (κ1) is 12.1. The Hall–Kier alpha value is -2.97. The van der Waals surface area contributed by atoms with Crippen LogP contribution >= 0.6 is 0 Å². The van der Waals surface area contributed by atoms with Crippen LogP contribution in [-0.4, -0.2) is 38.8 Å². The van der Waals surface area contributed by atoms with Crippen LogP contribution in [0.3, 0.4) is 0 Å². The zero-order valence-corrected chi connectivity index (χ0v) is 10.7. The quantitative estimate of drug-likeness (QED) is 0.524. The minimum Gasteiger partial charge on any atom is -0.397 e. The molecule has 0 fully saturated rings. The van der Waals surface area contributed by atoms with Crippen molar-refractivity contribution in [2.45, 2.75) is 0 Å². The number of anilines is 1. The van der Waals surface area contributed by atoms with Gasteiger partial charge < -0.3 is 9.32 Å². The van der Waals surface area contributed by atoms with Gasteiger partial charge in [-0.05, 0) is 18.2 Å². The van der Waals surface area contributed by atoms with Crippen molar-refractivity contribution < 1.29 is 9.34 Å². The molecule has 0 atom stereocenters. The van der Waals surface area contributed by atoms with Gasteiger partial charge in [-0.3, -0.25) is 10.1 Å². The first-order chi connectivity index (χ1) is 9.56. The van der Waals surface area contributed by atoms with E-state index in [1.54, 1.807) is 12.1 Å². The molecule has 9 heteroatoms. The van der Waals surface area contributed by atoms with Gasteiger partial charge in [-0.25, -0.2) is 0 Å². The van der Waals surface area contributed by atoms with Crippen LogP contribution in [0.2, 0.25) is 0 Å². The summed E-state index contributed by atoms with van der Waals surface area (Å²) in [6.07, 6.45) is 0. The van der Waals surface area contributed by atoms with Crippen molar-refractivity contribution in [1.82, 2.24) is 19.8 Å². The van der Waals surface area contributed by atoms with Crippen LogP contribution < -0.4 is 4.90 Å². The van der Waals surface area contributed by atoms with Crippen molar-refractivity contribution in [2.75, 3.05) is 19.0 Å². The molecule has 0 aliphatic heterocycles. The predicted octanol–water partition coefficient (Wildman–Crippen LogP) is 1.36. The van der Waals surface area contributed by atoms with Gasteiger partial charge in [0.15, 0.2) is 11.4 Å². The molecule has 0 aliphatic carbocycles. The van der Waals surface area contributed by atoms with E-state index in [2.05, 4.69) is 15.3 Å². The highest BCUT2D eigenvalue weighted by Gasteiger charge is 2.18. The van der Waals surface area contributed by atoms with E-state index in [1.807, 2.05) is 19.0 Å². The molecule has 0 N–H and O–H groups in total. The second-order valence-corrected chi connectivity index (χ2v) is 4.27. The molecular formula is C11H10N6O3. The summed E-state index contributed by atoms with van der Waals surface area (Å²) in [4.78, 5) is 11.9. The van der Waals surface area contributed by atoms with Crippen molar-refractivity contribution in [3.05, 3.63) is 34.4 Å². The maximum atomic E-state index is 10.6. The first-order valence-electron chi connectivity index (χ1n) is 5.70. The van der Waals surface area contributed by atoms with E-state index in [1.165, 1.54) is 16.6 Å². The molecule has 3 heterocycles. The third-order valence-electron chi connectivity index (χ3n) is 2.70. The predicted molar refractivity (Wildman–Crippen MR) is 69.5 cm³/mol. The van der Waals surface area contributed by atoms with E-state index in [0.717, 1.165) is 0 Å². The van der Waals surface area contributed by atoms with Crippen LogP contribution in [0.1, 0.15) is 0 Å². The van der Waals surface area contributed by atoms with Crippen molar-refractivity contribution in [3.8, 4) is 11.6 Å². The summed E-state index contributed by atoms with van der Waals surface area (Å²) in [6, 6.07) is 6.30. The molecule has 102 valence electrons. The maximum absolute atomic E-state index is 10.6. The zero-order chi connectivity index (χ0) is 14.3. The number of nitrogens with zero attached hydrogens (tertiary/aromatic N) is 6. The van der Waals surface area contributed by atoms with E-state index in [9.17, 15) is 10.1 Å². The Morgan fingerprint density at radius 1 is 1.25 bits per heavy atom. The lowest BCUT2D eigenvalue weighted by Gasteiger charge is -2.10. The van der Waals surface area contributed by atoms with Gasteiger partial charge in [0.2, 0.25) is 5.82 Å². The summed E-state index contributed by atoms with van der Waals surface area (Å²) in [5.74, 6) is 0.921. The van der Waals surface area contributed by atoms with Crippen LogP contribution in [0.25, 0.3) is 17.2 Å². The Morgan fingerprint density at radius 2 is 2.05 bits per heavy atom. The molecule has 0 saturated heterocycles. The number of fused-ring (bicyclic) bond motifs is 1. The average Bonchev–Trinajstić information content (AvgIpc) is 3.03. The molecule has 0 spiro atoms. The van der Waals surface area contributed by atoms with E-state index >= 15 is 0 Å². The summed E-state index contributed by atoms with van der Waals surface area (Å²) in [5.41, 5.74) is 0.532. The Labute approximate surface area is 112 Å². The number of hydrogen-bond acceptors (Lipinski definition) is 7. The Bertz CT molecular complexity index is 790. The van der Waals surface area contributed by atoms with Gasteiger partial charge in [0, 0.05) is 14.1 Å². The summed E-state index contributed by atoms with van der Waals surface area (Å²) < 4.78 is 6.61. The van der Waals surface area contributed by atoms with Crippen LogP contribution in [0, 0.1) is 10.1 Å². The van der Waals surface area contributed by atoms with E-state index < -0.39 is 4.92 Å². The largest absolute Gasteiger partial charge is 0.433 e. The molecular weight excluding hydrogens is 264 g/mol. The zero-order valence-electron chi connectivity index (χ0n) is 10.7. The molecule has 0 aliphatic rings. The van der Waals surface area contributed by atoms with Gasteiger partial charge in [-0.1, -0.05) is 0 Å². The summed E-state index contributed by atoms with van der Waals surface area (Å²) >= 11 is 0. The van der Waals surface area contributed by atoms with E-state index in [4.69, 9.17) is 4.42 Å². The molecule has 3 aromatic heterocycles. The third-order valence-corrected chi connectivity index (χ3v) is 2.70. The maximum Gasteiger partial charge on any atom is 0.433 e. The second-order valence-electron chi connectivity index (χ2n) is 4.27. The lowest BCUT2D eigenvalue weighted by Crippen LogP contribution is -2.12. The van der Waals surface area contributed by atoms with Gasteiger partial charge in [0.05, 0.1) is 6.07 Å². The Morgan fingerprint density at radius 3 is 2.70 bits per heavy atom. The number of rotatable bonds is 3. The Balaban J connectivity index is 2.14. The highest BCUT2D eigenvalue weighted by Crippen LogP contribution is 2.25. The van der Waals surface area contributed by atoms with E-state index in [-0.39, 0.29) is 11.6 Å². The van der Waals surface area contributed by atoms with Crippen molar-refractivity contribution >= 4 is 17.3 Å². The molecule has 0 bridgehead atoms. The molecule has 0 unspecified atom stereocenters. The molecule has 9 nitrogen and oxygen atoms in total. The summed E-state index contributed by atoms with van der Waals surface area (Å²) in [6.45, 7) is 0. The Kier molecular flexibility index (Phi) is 2.60. The molecule has 0 saturated carbocycles. The third kappa shape index (κ3) is 1.85. The van der Waals surface area contributed by atoms with Gasteiger partial charge in [-0.2, -0.15) is 4.52 Å². The number of hydrogen-bond donors (Lipinski definition) is 0. The highest BCUT2D eigenvalue weighted by molar-refractivity contribution is 5.55. The van der Waals surface area contributed by atoms with Gasteiger partial charge in [-0.15, -0.1) is 15.3 Å². The summed E-state index contributed by atoms with van der Waals surface area (Å²) in [5, 5.41) is 22.9. The minimum absolute atomic E-state index is 0.243. The topological polar surface area (TPSA) is 103 Å². The van der Waals surface area contributed by atoms with Crippen LogP contribution in [0.4, 0.5) is 11.7 Å². The van der Waals surface area contributed by atoms with Crippen molar-refractivity contribution in [1.29, 1.82) is 0 Å². The molecule has 3 aromatic rings. The smallest absolute Gasteiger partial charge is 0.397 e. The average molecular weight is 274 g/mol. The second kappa shape index (κ2) is 4.30. The lowest BCUT2D eigenvalue weighted by molar-refractivity contribution is -0.401. The lowest BCUT2D eigenvalue weighted by atomic mass is 10.4. The number of nitro groups is 1. The van der Waals surface area contributed by atoms with Gasteiger partial charge in [0.25, 0.3) is 0 Å². The molecule has 20 heavy (non-hydrogen) atoms. The molecule has 0 amide bonds. The number of furan rings is 1. The summed E-state index contributed by atoms with van der Waals surface area (Å²) in [7, 11) is 3.71. The minimum atomic E-state index is -0.606. The fourth-order valence-corrected chi connectivity index (χ4v) is 1.72. The molecule has 0 radical (unpaired) electrons. The fraction of sp³-hybridized carbons (Fsp3) is 0.182. The standard InChI is InChI=1S/C11H10N6O3/c1-15(2)9-5-4-8-12-13-11(16(8)14-9)7-3-6-10(20-7)17(18)19/h3-6H,1-2H3. The highest BCUT2D eigenvalue weighted by atomic mass is 16.6. The van der Waals surface area contributed by atoms with Gasteiger partial charge in [0.1, 0.15) is 10.7 Å².